The Labute approximate surface area is 147 Å². The molecule has 1 amide bonds. The maximum atomic E-state index is 12.9. The fourth-order valence-corrected chi connectivity index (χ4v) is 3.53. The predicted molar refractivity (Wildman–Crippen MR) is 97.8 cm³/mol. The molecule has 0 saturated carbocycles. The van der Waals surface area contributed by atoms with Crippen molar-refractivity contribution in [2.45, 2.75) is 6.42 Å². The van der Waals surface area contributed by atoms with E-state index in [0.717, 1.165) is 45.0 Å². The normalized spacial score (nSPS) is 16.7. The zero-order chi connectivity index (χ0) is 17.2. The van der Waals surface area contributed by atoms with Crippen molar-refractivity contribution in [1.82, 2.24) is 0 Å². The molecule has 2 heterocycles. The Morgan fingerprint density at radius 1 is 1.08 bits per heavy atom. The monoisotopic (exact) mass is 338 g/mol. The molecule has 25 heavy (non-hydrogen) atoms. The van der Waals surface area contributed by atoms with Gasteiger partial charge < -0.3 is 19.3 Å². The number of hydrogen-bond acceptors (Lipinski definition) is 4. The number of carbonyl (C=O) groups is 1. The van der Waals surface area contributed by atoms with Crippen molar-refractivity contribution < 1.29 is 14.3 Å². The molecule has 2 aromatic rings. The number of fused-ring (bicyclic) bond motifs is 1. The number of ether oxygens (including phenoxy) is 2. The van der Waals surface area contributed by atoms with Crippen LogP contribution in [-0.2, 0) is 11.2 Å². The Hall–Kier alpha value is -2.53. The Morgan fingerprint density at radius 2 is 1.92 bits per heavy atom. The van der Waals surface area contributed by atoms with Crippen LogP contribution >= 0.6 is 0 Å². The van der Waals surface area contributed by atoms with Gasteiger partial charge in [-0.05, 0) is 48.4 Å². The van der Waals surface area contributed by atoms with E-state index in [0.29, 0.717) is 11.3 Å². The van der Waals surface area contributed by atoms with E-state index in [9.17, 15) is 4.79 Å². The summed E-state index contributed by atoms with van der Waals surface area (Å²) in [7, 11) is 1.61. The van der Waals surface area contributed by atoms with Crippen LogP contribution < -0.4 is 14.5 Å². The van der Waals surface area contributed by atoms with Gasteiger partial charge in [0, 0.05) is 36.6 Å². The molecular weight excluding hydrogens is 316 g/mol. The molecule has 130 valence electrons. The Balaban J connectivity index is 1.57. The molecule has 0 bridgehead atoms. The minimum Gasteiger partial charge on any atom is -0.497 e. The molecule has 0 spiro atoms. The summed E-state index contributed by atoms with van der Waals surface area (Å²) in [5.41, 5.74) is 4.13. The van der Waals surface area contributed by atoms with Gasteiger partial charge in [0.15, 0.2) is 0 Å². The second-order valence-electron chi connectivity index (χ2n) is 6.35. The summed E-state index contributed by atoms with van der Waals surface area (Å²) >= 11 is 0. The maximum absolute atomic E-state index is 12.9. The van der Waals surface area contributed by atoms with Gasteiger partial charge in [0.2, 0.25) is 0 Å². The van der Waals surface area contributed by atoms with E-state index < -0.39 is 0 Å². The van der Waals surface area contributed by atoms with E-state index >= 15 is 0 Å². The van der Waals surface area contributed by atoms with E-state index in [4.69, 9.17) is 9.47 Å². The Morgan fingerprint density at radius 3 is 2.72 bits per heavy atom. The topological polar surface area (TPSA) is 42.0 Å². The van der Waals surface area contributed by atoms with Crippen LogP contribution in [0.2, 0.25) is 0 Å². The SMILES string of the molecule is COc1cccc(C(=O)N2CCc3cc(N4CCOCC4)ccc32)c1. The number of amides is 1. The number of nitrogens with zero attached hydrogens (tertiary/aromatic N) is 2. The first kappa shape index (κ1) is 16.0. The Bertz CT molecular complexity index is 784. The smallest absolute Gasteiger partial charge is 0.258 e. The molecule has 2 aromatic carbocycles. The highest BCUT2D eigenvalue weighted by molar-refractivity contribution is 6.07. The highest BCUT2D eigenvalue weighted by Crippen LogP contribution is 2.33. The van der Waals surface area contributed by atoms with Gasteiger partial charge in [0.25, 0.3) is 5.91 Å². The maximum Gasteiger partial charge on any atom is 0.258 e. The highest BCUT2D eigenvalue weighted by atomic mass is 16.5. The molecule has 1 saturated heterocycles. The third kappa shape index (κ3) is 3.07. The largest absolute Gasteiger partial charge is 0.497 e. The van der Waals surface area contributed by atoms with E-state index in [-0.39, 0.29) is 5.91 Å². The van der Waals surface area contributed by atoms with Gasteiger partial charge in [-0.15, -0.1) is 0 Å². The number of carbonyl (C=O) groups excluding carboxylic acids is 1. The lowest BCUT2D eigenvalue weighted by molar-refractivity contribution is 0.0989. The van der Waals surface area contributed by atoms with Gasteiger partial charge in [0.05, 0.1) is 20.3 Å². The van der Waals surface area contributed by atoms with Crippen LogP contribution in [0.5, 0.6) is 5.75 Å². The standard InChI is InChI=1S/C20H22N2O3/c1-24-18-4-2-3-16(14-18)20(23)22-8-7-15-13-17(5-6-19(15)22)21-9-11-25-12-10-21/h2-6,13-14H,7-12H2,1H3. The summed E-state index contributed by atoms with van der Waals surface area (Å²) in [5.74, 6) is 0.727. The molecule has 5 heteroatoms. The molecule has 1 fully saturated rings. The molecule has 4 rings (SSSR count). The summed E-state index contributed by atoms with van der Waals surface area (Å²) in [6.45, 7) is 4.11. The zero-order valence-corrected chi connectivity index (χ0v) is 14.4. The first-order valence-corrected chi connectivity index (χ1v) is 8.68. The van der Waals surface area contributed by atoms with Crippen molar-refractivity contribution in [1.29, 1.82) is 0 Å². The fraction of sp³-hybridized carbons (Fsp3) is 0.350. The molecule has 0 radical (unpaired) electrons. The van der Waals surface area contributed by atoms with Crippen molar-refractivity contribution in [2.24, 2.45) is 0 Å². The van der Waals surface area contributed by atoms with Crippen LogP contribution in [0.25, 0.3) is 0 Å². The quantitative estimate of drug-likeness (QED) is 0.863. The van der Waals surface area contributed by atoms with Gasteiger partial charge in [-0.1, -0.05) is 6.07 Å². The summed E-state index contributed by atoms with van der Waals surface area (Å²) in [6.07, 6.45) is 0.892. The summed E-state index contributed by atoms with van der Waals surface area (Å²) in [6, 6.07) is 13.7. The number of anilines is 2. The summed E-state index contributed by atoms with van der Waals surface area (Å²) in [4.78, 5) is 17.1. The molecule has 2 aliphatic heterocycles. The number of morpholine rings is 1. The second kappa shape index (κ2) is 6.76. The molecule has 0 unspecified atom stereocenters. The average molecular weight is 338 g/mol. The van der Waals surface area contributed by atoms with E-state index in [2.05, 4.69) is 23.1 Å². The van der Waals surface area contributed by atoms with Crippen molar-refractivity contribution in [3.8, 4) is 5.75 Å². The van der Waals surface area contributed by atoms with Crippen molar-refractivity contribution in [3.05, 3.63) is 53.6 Å². The minimum absolute atomic E-state index is 0.0248. The van der Waals surface area contributed by atoms with Crippen molar-refractivity contribution >= 4 is 17.3 Å². The lowest BCUT2D eigenvalue weighted by Crippen LogP contribution is -2.36. The summed E-state index contributed by atoms with van der Waals surface area (Å²) in [5, 5.41) is 0. The van der Waals surface area contributed by atoms with E-state index in [1.165, 1.54) is 11.3 Å². The Kier molecular flexibility index (Phi) is 4.32. The average Bonchev–Trinajstić information content (AvgIpc) is 3.11. The number of benzene rings is 2. The molecule has 0 aliphatic carbocycles. The molecule has 0 N–H and O–H groups in total. The van der Waals surface area contributed by atoms with Gasteiger partial charge >= 0.3 is 0 Å². The number of hydrogen-bond donors (Lipinski definition) is 0. The molecule has 2 aliphatic rings. The number of methoxy groups -OCH3 is 1. The van der Waals surface area contributed by atoms with Crippen LogP contribution in [0.15, 0.2) is 42.5 Å². The van der Waals surface area contributed by atoms with Crippen LogP contribution in [0, 0.1) is 0 Å². The first-order chi connectivity index (χ1) is 12.3. The molecule has 0 aromatic heterocycles. The van der Waals surface area contributed by atoms with Crippen molar-refractivity contribution in [2.75, 3.05) is 49.8 Å². The molecule has 0 atom stereocenters. The van der Waals surface area contributed by atoms with Crippen LogP contribution in [0.1, 0.15) is 15.9 Å². The predicted octanol–water partition coefficient (Wildman–Crippen LogP) is 2.73. The minimum atomic E-state index is 0.0248. The van der Waals surface area contributed by atoms with E-state index in [1.807, 2.05) is 23.1 Å². The van der Waals surface area contributed by atoms with Crippen LogP contribution in [0.3, 0.4) is 0 Å². The van der Waals surface area contributed by atoms with E-state index in [1.54, 1.807) is 13.2 Å². The van der Waals surface area contributed by atoms with Gasteiger partial charge in [0.1, 0.15) is 5.75 Å². The number of rotatable bonds is 3. The second-order valence-corrected chi connectivity index (χ2v) is 6.35. The first-order valence-electron chi connectivity index (χ1n) is 8.68. The van der Waals surface area contributed by atoms with Gasteiger partial charge in [-0.25, -0.2) is 0 Å². The fourth-order valence-electron chi connectivity index (χ4n) is 3.53. The van der Waals surface area contributed by atoms with Crippen LogP contribution in [0.4, 0.5) is 11.4 Å². The van der Waals surface area contributed by atoms with Crippen molar-refractivity contribution in [3.63, 3.8) is 0 Å². The van der Waals surface area contributed by atoms with Gasteiger partial charge in [-0.3, -0.25) is 4.79 Å². The van der Waals surface area contributed by atoms with Gasteiger partial charge in [-0.2, -0.15) is 0 Å². The molecular formula is C20H22N2O3. The van der Waals surface area contributed by atoms with Crippen LogP contribution in [-0.4, -0.2) is 45.9 Å². The summed E-state index contributed by atoms with van der Waals surface area (Å²) < 4.78 is 10.7. The lowest BCUT2D eigenvalue weighted by atomic mass is 10.1. The third-order valence-corrected chi connectivity index (χ3v) is 4.90. The third-order valence-electron chi connectivity index (χ3n) is 4.90. The highest BCUT2D eigenvalue weighted by Gasteiger charge is 2.26. The molecule has 5 nitrogen and oxygen atoms in total. The zero-order valence-electron chi connectivity index (χ0n) is 14.4. The lowest BCUT2D eigenvalue weighted by Gasteiger charge is -2.29.